The lowest BCUT2D eigenvalue weighted by molar-refractivity contribution is 0.0718. The molecule has 5 heteroatoms. The van der Waals surface area contributed by atoms with E-state index in [9.17, 15) is 9.18 Å². The Bertz CT molecular complexity index is 678. The van der Waals surface area contributed by atoms with Gasteiger partial charge < -0.3 is 15.0 Å². The summed E-state index contributed by atoms with van der Waals surface area (Å²) in [7, 11) is 1.65. The maximum atomic E-state index is 13.0. The van der Waals surface area contributed by atoms with Crippen LogP contribution in [0, 0.1) is 5.82 Å². The Morgan fingerprint density at radius 1 is 1.08 bits per heavy atom. The van der Waals surface area contributed by atoms with E-state index in [2.05, 4.69) is 5.32 Å². The zero-order valence-corrected chi connectivity index (χ0v) is 13.7. The van der Waals surface area contributed by atoms with Gasteiger partial charge in [0, 0.05) is 30.4 Å². The molecule has 0 spiro atoms. The maximum Gasteiger partial charge on any atom is 0.253 e. The van der Waals surface area contributed by atoms with Crippen LogP contribution in [-0.4, -0.2) is 37.0 Å². The van der Waals surface area contributed by atoms with Gasteiger partial charge in [0.25, 0.3) is 5.91 Å². The van der Waals surface area contributed by atoms with Crippen molar-refractivity contribution < 1.29 is 13.9 Å². The fourth-order valence-corrected chi connectivity index (χ4v) is 2.92. The number of amides is 1. The quantitative estimate of drug-likeness (QED) is 0.933. The second kappa shape index (κ2) is 7.34. The van der Waals surface area contributed by atoms with Crippen LogP contribution >= 0.6 is 0 Å². The third kappa shape index (κ3) is 3.85. The highest BCUT2D eigenvalue weighted by Gasteiger charge is 2.23. The molecule has 1 heterocycles. The molecule has 1 aliphatic rings. The molecule has 0 bridgehead atoms. The minimum Gasteiger partial charge on any atom is -0.497 e. The topological polar surface area (TPSA) is 41.6 Å². The zero-order chi connectivity index (χ0) is 16.9. The Morgan fingerprint density at radius 2 is 1.71 bits per heavy atom. The van der Waals surface area contributed by atoms with Gasteiger partial charge in [0.2, 0.25) is 0 Å². The summed E-state index contributed by atoms with van der Waals surface area (Å²) in [6.07, 6.45) is 1.78. The van der Waals surface area contributed by atoms with Gasteiger partial charge in [0.1, 0.15) is 11.6 Å². The highest BCUT2D eigenvalue weighted by Crippen LogP contribution is 2.20. The lowest BCUT2D eigenvalue weighted by atomic mass is 10.0. The maximum absolute atomic E-state index is 13.0. The molecule has 0 saturated carbocycles. The van der Waals surface area contributed by atoms with Gasteiger partial charge in [-0.2, -0.15) is 0 Å². The monoisotopic (exact) mass is 328 g/mol. The minimum atomic E-state index is -0.325. The minimum absolute atomic E-state index is 0.0297. The van der Waals surface area contributed by atoms with Crippen LogP contribution in [0.4, 0.5) is 10.1 Å². The Hall–Kier alpha value is -2.56. The van der Waals surface area contributed by atoms with E-state index in [-0.39, 0.29) is 11.7 Å². The molecule has 0 unspecified atom stereocenters. The first kappa shape index (κ1) is 16.3. The molecule has 0 aromatic heterocycles. The molecular formula is C19H21FN2O2. The van der Waals surface area contributed by atoms with Gasteiger partial charge in [-0.25, -0.2) is 4.39 Å². The van der Waals surface area contributed by atoms with E-state index in [0.717, 1.165) is 24.3 Å². The van der Waals surface area contributed by atoms with Gasteiger partial charge >= 0.3 is 0 Å². The highest BCUT2D eigenvalue weighted by atomic mass is 19.1. The molecule has 1 amide bonds. The lowest BCUT2D eigenvalue weighted by Crippen LogP contribution is -2.42. The largest absolute Gasteiger partial charge is 0.497 e. The molecule has 1 saturated heterocycles. The van der Waals surface area contributed by atoms with Gasteiger partial charge in [-0.05, 0) is 61.4 Å². The second-order valence-electron chi connectivity index (χ2n) is 5.95. The van der Waals surface area contributed by atoms with Crippen molar-refractivity contribution in [1.82, 2.24) is 4.90 Å². The van der Waals surface area contributed by atoms with E-state index in [1.165, 1.54) is 12.1 Å². The molecule has 1 N–H and O–H groups in total. The highest BCUT2D eigenvalue weighted by molar-refractivity contribution is 5.94. The van der Waals surface area contributed by atoms with Crippen molar-refractivity contribution in [2.24, 2.45) is 0 Å². The number of carbonyl (C=O) groups is 1. The van der Waals surface area contributed by atoms with Crippen LogP contribution in [0.5, 0.6) is 5.75 Å². The standard InChI is InChI=1S/C19H21FN2O2/c1-24-18-8-6-16(7-9-18)21-17-10-12-22(13-11-17)19(23)14-2-4-15(20)5-3-14/h2-9,17,21H,10-13H2,1H3. The van der Waals surface area contributed by atoms with E-state index >= 15 is 0 Å². The predicted molar refractivity (Wildman–Crippen MR) is 91.9 cm³/mol. The third-order valence-electron chi connectivity index (χ3n) is 4.33. The summed E-state index contributed by atoms with van der Waals surface area (Å²) in [5.41, 5.74) is 1.59. The van der Waals surface area contributed by atoms with Gasteiger partial charge in [0.05, 0.1) is 7.11 Å². The molecule has 126 valence electrons. The Kier molecular flexibility index (Phi) is 4.99. The number of benzene rings is 2. The predicted octanol–water partition coefficient (Wildman–Crippen LogP) is 3.55. The number of anilines is 1. The number of rotatable bonds is 4. The molecule has 0 radical (unpaired) electrons. The molecule has 0 atom stereocenters. The van der Waals surface area contributed by atoms with Crippen LogP contribution in [0.1, 0.15) is 23.2 Å². The van der Waals surface area contributed by atoms with Gasteiger partial charge in [-0.15, -0.1) is 0 Å². The first-order valence-corrected chi connectivity index (χ1v) is 8.11. The van der Waals surface area contributed by atoms with E-state index in [4.69, 9.17) is 4.74 Å². The number of ether oxygens (including phenoxy) is 1. The number of hydrogen-bond acceptors (Lipinski definition) is 3. The van der Waals surface area contributed by atoms with Crippen LogP contribution in [0.2, 0.25) is 0 Å². The van der Waals surface area contributed by atoms with E-state index in [1.807, 2.05) is 29.2 Å². The molecule has 1 fully saturated rings. The molecule has 0 aliphatic carbocycles. The number of likely N-dealkylation sites (tertiary alicyclic amines) is 1. The van der Waals surface area contributed by atoms with E-state index in [0.29, 0.717) is 24.7 Å². The van der Waals surface area contributed by atoms with Crippen LogP contribution in [0.15, 0.2) is 48.5 Å². The van der Waals surface area contributed by atoms with Crippen molar-refractivity contribution in [3.8, 4) is 5.75 Å². The van der Waals surface area contributed by atoms with Gasteiger partial charge in [-0.1, -0.05) is 0 Å². The van der Waals surface area contributed by atoms with Crippen molar-refractivity contribution in [2.75, 3.05) is 25.5 Å². The number of carbonyl (C=O) groups excluding carboxylic acids is 1. The number of halogens is 1. The molecule has 4 nitrogen and oxygen atoms in total. The smallest absolute Gasteiger partial charge is 0.253 e. The molecule has 3 rings (SSSR count). The summed E-state index contributed by atoms with van der Waals surface area (Å²) in [5.74, 6) is 0.479. The first-order chi connectivity index (χ1) is 11.7. The zero-order valence-electron chi connectivity index (χ0n) is 13.7. The van der Waals surface area contributed by atoms with Gasteiger partial charge in [0.15, 0.2) is 0 Å². The van der Waals surface area contributed by atoms with Crippen molar-refractivity contribution in [3.63, 3.8) is 0 Å². The fraction of sp³-hybridized carbons (Fsp3) is 0.316. The average molecular weight is 328 g/mol. The molecule has 24 heavy (non-hydrogen) atoms. The summed E-state index contributed by atoms with van der Waals surface area (Å²) in [5, 5.41) is 3.50. The summed E-state index contributed by atoms with van der Waals surface area (Å²) >= 11 is 0. The van der Waals surface area contributed by atoms with Crippen molar-refractivity contribution >= 4 is 11.6 Å². The molecular weight excluding hydrogens is 307 g/mol. The van der Waals surface area contributed by atoms with Crippen LogP contribution in [0.25, 0.3) is 0 Å². The van der Waals surface area contributed by atoms with E-state index < -0.39 is 0 Å². The first-order valence-electron chi connectivity index (χ1n) is 8.11. The molecule has 2 aromatic rings. The normalized spacial score (nSPS) is 15.2. The Labute approximate surface area is 141 Å². The van der Waals surface area contributed by atoms with Crippen LogP contribution in [0.3, 0.4) is 0 Å². The number of piperidine rings is 1. The second-order valence-corrected chi connectivity index (χ2v) is 5.95. The van der Waals surface area contributed by atoms with Crippen LogP contribution < -0.4 is 10.1 Å². The van der Waals surface area contributed by atoms with Crippen molar-refractivity contribution in [1.29, 1.82) is 0 Å². The lowest BCUT2D eigenvalue weighted by Gasteiger charge is -2.33. The van der Waals surface area contributed by atoms with Crippen LogP contribution in [-0.2, 0) is 0 Å². The van der Waals surface area contributed by atoms with Crippen molar-refractivity contribution in [3.05, 3.63) is 59.9 Å². The summed E-state index contributed by atoms with van der Waals surface area (Å²) in [6.45, 7) is 1.40. The SMILES string of the molecule is COc1ccc(NC2CCN(C(=O)c3ccc(F)cc3)CC2)cc1. The molecule has 2 aromatic carbocycles. The summed E-state index contributed by atoms with van der Waals surface area (Å²) in [6, 6.07) is 13.9. The third-order valence-corrected chi connectivity index (χ3v) is 4.33. The van der Waals surface area contributed by atoms with Crippen molar-refractivity contribution in [2.45, 2.75) is 18.9 Å². The van der Waals surface area contributed by atoms with Gasteiger partial charge in [-0.3, -0.25) is 4.79 Å². The Morgan fingerprint density at radius 3 is 2.29 bits per heavy atom. The fourth-order valence-electron chi connectivity index (χ4n) is 2.92. The molecule has 1 aliphatic heterocycles. The number of hydrogen-bond donors (Lipinski definition) is 1. The summed E-state index contributed by atoms with van der Waals surface area (Å²) < 4.78 is 18.1. The number of methoxy groups -OCH3 is 1. The number of nitrogens with zero attached hydrogens (tertiary/aromatic N) is 1. The Balaban J connectivity index is 1.53. The number of nitrogens with one attached hydrogen (secondary N) is 1. The van der Waals surface area contributed by atoms with E-state index in [1.54, 1.807) is 19.2 Å². The average Bonchev–Trinajstić information content (AvgIpc) is 2.63. The summed E-state index contributed by atoms with van der Waals surface area (Å²) in [4.78, 5) is 14.2.